The lowest BCUT2D eigenvalue weighted by atomic mass is 10.3. The van der Waals surface area contributed by atoms with Crippen LogP contribution in [0.4, 0.5) is 0 Å². The van der Waals surface area contributed by atoms with E-state index in [9.17, 15) is 4.79 Å². The first-order valence-electron chi connectivity index (χ1n) is 6.02. The number of carbonyl (C=O) groups is 1. The third-order valence-electron chi connectivity index (χ3n) is 2.48. The van der Waals surface area contributed by atoms with Gasteiger partial charge in [-0.1, -0.05) is 0 Å². The summed E-state index contributed by atoms with van der Waals surface area (Å²) in [6.07, 6.45) is 1.46. The zero-order valence-corrected chi connectivity index (χ0v) is 14.8. The lowest BCUT2D eigenvalue weighted by molar-refractivity contribution is 0.0949. The lowest BCUT2D eigenvalue weighted by Gasteiger charge is -2.01. The molecule has 9 heteroatoms. The Morgan fingerprint density at radius 2 is 2.00 bits per heavy atom. The number of hydrogen-bond acceptors (Lipinski definition) is 6. The Hall–Kier alpha value is -0.730. The number of aromatic nitrogens is 2. The van der Waals surface area contributed by atoms with Crippen LogP contribution in [0.3, 0.4) is 0 Å². The fraction of sp³-hybridized carbons (Fsp3) is 0.417. The summed E-state index contributed by atoms with van der Waals surface area (Å²) in [5.74, 6) is -0.133. The number of hydrogen-bond donors (Lipinski definition) is 2. The average Bonchev–Trinajstić information content (AvgIpc) is 2.99. The molecule has 2 aromatic rings. The molecule has 21 heavy (non-hydrogen) atoms. The predicted molar refractivity (Wildman–Crippen MR) is 92.3 cm³/mol. The Balaban J connectivity index is 0.00000200. The average molecular weight is 369 g/mol. The second-order valence-corrected chi connectivity index (χ2v) is 6.03. The van der Waals surface area contributed by atoms with Gasteiger partial charge in [0.05, 0.1) is 15.7 Å². The van der Waals surface area contributed by atoms with Gasteiger partial charge in [0, 0.05) is 30.1 Å². The summed E-state index contributed by atoms with van der Waals surface area (Å²) in [7, 11) is 0. The van der Waals surface area contributed by atoms with Crippen molar-refractivity contribution in [3.05, 3.63) is 32.2 Å². The molecule has 0 saturated carbocycles. The van der Waals surface area contributed by atoms with E-state index >= 15 is 0 Å². The van der Waals surface area contributed by atoms with Gasteiger partial charge in [-0.15, -0.1) is 47.5 Å². The molecular weight excluding hydrogens is 351 g/mol. The highest BCUT2D eigenvalue weighted by Gasteiger charge is 2.10. The Kier molecular flexibility index (Phi) is 9.72. The fourth-order valence-electron chi connectivity index (χ4n) is 1.57. The van der Waals surface area contributed by atoms with Crippen LogP contribution in [0.1, 0.15) is 26.2 Å². The van der Waals surface area contributed by atoms with Crippen molar-refractivity contribution in [3.63, 3.8) is 0 Å². The van der Waals surface area contributed by atoms with Gasteiger partial charge in [-0.05, 0) is 13.5 Å². The smallest absolute Gasteiger partial charge is 0.270 e. The monoisotopic (exact) mass is 368 g/mol. The van der Waals surface area contributed by atoms with Gasteiger partial charge in [0.1, 0.15) is 5.69 Å². The zero-order valence-electron chi connectivity index (χ0n) is 11.5. The molecule has 0 radical (unpaired) electrons. The van der Waals surface area contributed by atoms with Crippen molar-refractivity contribution in [1.82, 2.24) is 15.3 Å². The van der Waals surface area contributed by atoms with Crippen LogP contribution >= 0.6 is 47.5 Å². The molecule has 2 aromatic heterocycles. The zero-order chi connectivity index (χ0) is 13.7. The fourth-order valence-corrected chi connectivity index (χ4v) is 3.01. The van der Waals surface area contributed by atoms with E-state index in [0.717, 1.165) is 28.6 Å². The molecule has 0 aromatic carbocycles. The molecule has 1 amide bonds. The molecule has 2 heterocycles. The molecule has 2 rings (SSSR count). The van der Waals surface area contributed by atoms with E-state index in [-0.39, 0.29) is 30.7 Å². The minimum atomic E-state index is -0.133. The van der Waals surface area contributed by atoms with E-state index in [1.54, 1.807) is 16.7 Å². The van der Waals surface area contributed by atoms with E-state index in [4.69, 9.17) is 5.73 Å². The van der Waals surface area contributed by atoms with Gasteiger partial charge in [0.25, 0.3) is 5.91 Å². The van der Waals surface area contributed by atoms with Gasteiger partial charge in [-0.25, -0.2) is 9.97 Å². The Morgan fingerprint density at radius 1 is 1.24 bits per heavy atom. The van der Waals surface area contributed by atoms with E-state index in [1.165, 1.54) is 11.3 Å². The topological polar surface area (TPSA) is 80.9 Å². The van der Waals surface area contributed by atoms with Crippen LogP contribution in [-0.4, -0.2) is 29.0 Å². The summed E-state index contributed by atoms with van der Waals surface area (Å²) in [5.41, 5.74) is 6.95. The number of nitrogens with zero attached hydrogens (tertiary/aromatic N) is 2. The maximum absolute atomic E-state index is 11.8. The normalized spacial score (nSPS) is 9.62. The number of carbonyl (C=O) groups excluding carboxylic acids is 1. The first-order valence-corrected chi connectivity index (χ1v) is 7.78. The Bertz CT molecular complexity index is 559. The molecule has 0 spiro atoms. The van der Waals surface area contributed by atoms with Crippen LogP contribution in [0.2, 0.25) is 0 Å². The van der Waals surface area contributed by atoms with E-state index < -0.39 is 0 Å². The van der Waals surface area contributed by atoms with Crippen molar-refractivity contribution in [3.8, 4) is 0 Å². The summed E-state index contributed by atoms with van der Waals surface area (Å²) in [6, 6.07) is 0. The SMILES string of the molecule is Cc1nc(CCNC(=O)c2csc(CCN)n2)cs1.Cl.Cl. The molecule has 0 bridgehead atoms. The quantitative estimate of drug-likeness (QED) is 0.818. The predicted octanol–water partition coefficient (Wildman–Crippen LogP) is 2.23. The second kappa shape index (κ2) is 10.1. The summed E-state index contributed by atoms with van der Waals surface area (Å²) in [4.78, 5) is 20.4. The number of amides is 1. The molecular formula is C12H18Cl2N4OS2. The maximum atomic E-state index is 11.8. The molecule has 0 saturated heterocycles. The Morgan fingerprint density at radius 3 is 2.62 bits per heavy atom. The molecule has 3 N–H and O–H groups in total. The van der Waals surface area contributed by atoms with Crippen molar-refractivity contribution in [2.24, 2.45) is 5.73 Å². The number of nitrogens with one attached hydrogen (secondary N) is 1. The van der Waals surface area contributed by atoms with Crippen LogP contribution in [0.25, 0.3) is 0 Å². The van der Waals surface area contributed by atoms with E-state index in [2.05, 4.69) is 15.3 Å². The number of halogens is 2. The molecule has 0 fully saturated rings. The first-order chi connectivity index (χ1) is 9.19. The minimum absolute atomic E-state index is 0. The number of nitrogens with two attached hydrogens (primary N) is 1. The van der Waals surface area contributed by atoms with Crippen LogP contribution in [0, 0.1) is 6.92 Å². The van der Waals surface area contributed by atoms with Gasteiger partial charge in [0.2, 0.25) is 0 Å². The molecule has 0 unspecified atom stereocenters. The molecule has 5 nitrogen and oxygen atoms in total. The number of thiazole rings is 2. The molecule has 0 atom stereocenters. The van der Waals surface area contributed by atoms with Gasteiger partial charge in [-0.2, -0.15) is 0 Å². The van der Waals surface area contributed by atoms with E-state index in [1.807, 2.05) is 12.3 Å². The third kappa shape index (κ3) is 6.27. The minimum Gasteiger partial charge on any atom is -0.350 e. The van der Waals surface area contributed by atoms with E-state index in [0.29, 0.717) is 18.8 Å². The maximum Gasteiger partial charge on any atom is 0.270 e. The molecule has 118 valence electrons. The van der Waals surface area contributed by atoms with Crippen LogP contribution in [0.15, 0.2) is 10.8 Å². The number of rotatable bonds is 6. The van der Waals surface area contributed by atoms with Gasteiger partial charge in [0.15, 0.2) is 0 Å². The van der Waals surface area contributed by atoms with Crippen LogP contribution < -0.4 is 11.1 Å². The summed E-state index contributed by atoms with van der Waals surface area (Å²) in [5, 5.41) is 8.59. The van der Waals surface area contributed by atoms with Crippen molar-refractivity contribution >= 4 is 53.4 Å². The largest absolute Gasteiger partial charge is 0.350 e. The summed E-state index contributed by atoms with van der Waals surface area (Å²) in [6.45, 7) is 3.10. The summed E-state index contributed by atoms with van der Waals surface area (Å²) >= 11 is 3.10. The highest BCUT2D eigenvalue weighted by molar-refractivity contribution is 7.10. The van der Waals surface area contributed by atoms with Gasteiger partial charge < -0.3 is 11.1 Å². The standard InChI is InChI=1S/C12H16N4OS2.2ClH/c1-8-15-9(6-18-8)3-5-14-12(17)10-7-19-11(16-10)2-4-13;;/h6-7H,2-5,13H2,1H3,(H,14,17);2*1H. The third-order valence-corrected chi connectivity index (χ3v) is 4.21. The highest BCUT2D eigenvalue weighted by Crippen LogP contribution is 2.10. The van der Waals surface area contributed by atoms with Crippen molar-refractivity contribution in [2.45, 2.75) is 19.8 Å². The molecule has 0 aliphatic carbocycles. The first kappa shape index (κ1) is 20.3. The molecule has 0 aliphatic heterocycles. The van der Waals surface area contributed by atoms with Crippen LogP contribution in [0.5, 0.6) is 0 Å². The molecule has 0 aliphatic rings. The van der Waals surface area contributed by atoms with Gasteiger partial charge >= 0.3 is 0 Å². The highest BCUT2D eigenvalue weighted by atomic mass is 35.5. The van der Waals surface area contributed by atoms with Crippen molar-refractivity contribution in [2.75, 3.05) is 13.1 Å². The van der Waals surface area contributed by atoms with Gasteiger partial charge in [-0.3, -0.25) is 4.79 Å². The second-order valence-electron chi connectivity index (χ2n) is 4.03. The number of aryl methyl sites for hydroxylation is 1. The Labute approximate surface area is 144 Å². The lowest BCUT2D eigenvalue weighted by Crippen LogP contribution is -2.26. The van der Waals surface area contributed by atoms with Crippen molar-refractivity contribution in [1.29, 1.82) is 0 Å². The van der Waals surface area contributed by atoms with Crippen LogP contribution in [-0.2, 0) is 12.8 Å². The summed E-state index contributed by atoms with van der Waals surface area (Å²) < 4.78 is 0. The van der Waals surface area contributed by atoms with Crippen molar-refractivity contribution < 1.29 is 4.79 Å².